The van der Waals surface area contributed by atoms with Crippen molar-refractivity contribution in [3.63, 3.8) is 0 Å². The van der Waals surface area contributed by atoms with Gasteiger partial charge in [-0.2, -0.15) is 0 Å². The van der Waals surface area contributed by atoms with Crippen molar-refractivity contribution in [3.05, 3.63) is 36.1 Å². The molecular formula is C17H23NO. The van der Waals surface area contributed by atoms with E-state index in [2.05, 4.69) is 50.4 Å². The van der Waals surface area contributed by atoms with Gasteiger partial charge in [0.2, 0.25) is 0 Å². The first-order chi connectivity index (χ1) is 9.19. The number of hydrogen-bond donors (Lipinski definition) is 1. The largest absolute Gasteiger partial charge is 0.461 e. The third-order valence-electron chi connectivity index (χ3n) is 5.06. The predicted octanol–water partition coefficient (Wildman–Crippen LogP) is 4.31. The summed E-state index contributed by atoms with van der Waals surface area (Å²) in [6.45, 7) is 7.92. The van der Waals surface area contributed by atoms with Gasteiger partial charge in [0.25, 0.3) is 0 Å². The molecule has 2 nitrogen and oxygen atoms in total. The van der Waals surface area contributed by atoms with Crippen molar-refractivity contribution in [1.82, 2.24) is 5.32 Å². The highest BCUT2D eigenvalue weighted by molar-refractivity contribution is 5.77. The number of furan rings is 1. The molecule has 1 aromatic carbocycles. The molecule has 19 heavy (non-hydrogen) atoms. The summed E-state index contributed by atoms with van der Waals surface area (Å²) in [6, 6.07) is 11.2. The Bertz CT molecular complexity index is 540. The maximum atomic E-state index is 6.07. The Kier molecular flexibility index (Phi) is 3.14. The lowest BCUT2D eigenvalue weighted by Gasteiger charge is -2.53. The molecular weight excluding hydrogens is 234 g/mol. The van der Waals surface area contributed by atoms with E-state index in [4.69, 9.17) is 4.42 Å². The van der Waals surface area contributed by atoms with E-state index in [0.717, 1.165) is 12.1 Å². The second-order valence-electron chi connectivity index (χ2n) is 5.94. The molecule has 1 saturated carbocycles. The second-order valence-corrected chi connectivity index (χ2v) is 5.94. The Morgan fingerprint density at radius 2 is 2.11 bits per heavy atom. The minimum atomic E-state index is 0.323. The summed E-state index contributed by atoms with van der Waals surface area (Å²) in [5.74, 6) is 1.72. The monoisotopic (exact) mass is 257 g/mol. The highest BCUT2D eigenvalue weighted by atomic mass is 16.3. The van der Waals surface area contributed by atoms with E-state index >= 15 is 0 Å². The molecule has 2 heteroatoms. The SMILES string of the molecule is CCNC1CC(c2cc3ccccc3o2)C1(C)CC. The molecule has 1 N–H and O–H groups in total. The van der Waals surface area contributed by atoms with Crippen LogP contribution < -0.4 is 5.32 Å². The molecule has 0 spiro atoms. The molecule has 1 aliphatic rings. The van der Waals surface area contributed by atoms with Gasteiger partial charge < -0.3 is 9.73 Å². The second kappa shape index (κ2) is 4.68. The van der Waals surface area contributed by atoms with Crippen LogP contribution in [0.5, 0.6) is 0 Å². The van der Waals surface area contributed by atoms with Crippen molar-refractivity contribution >= 4 is 11.0 Å². The predicted molar refractivity (Wildman–Crippen MR) is 79.4 cm³/mol. The normalized spacial score (nSPS) is 30.5. The quantitative estimate of drug-likeness (QED) is 0.882. The summed E-state index contributed by atoms with van der Waals surface area (Å²) in [5.41, 5.74) is 1.34. The first kappa shape index (κ1) is 12.7. The van der Waals surface area contributed by atoms with E-state index in [-0.39, 0.29) is 0 Å². The summed E-state index contributed by atoms with van der Waals surface area (Å²) in [7, 11) is 0. The van der Waals surface area contributed by atoms with Gasteiger partial charge >= 0.3 is 0 Å². The summed E-state index contributed by atoms with van der Waals surface area (Å²) < 4.78 is 6.07. The fourth-order valence-corrected chi connectivity index (χ4v) is 3.53. The van der Waals surface area contributed by atoms with Gasteiger partial charge in [0.1, 0.15) is 11.3 Å². The lowest BCUT2D eigenvalue weighted by Crippen LogP contribution is -2.56. The minimum absolute atomic E-state index is 0.323. The van der Waals surface area contributed by atoms with E-state index in [1.54, 1.807) is 0 Å². The highest BCUT2D eigenvalue weighted by Crippen LogP contribution is 2.55. The summed E-state index contributed by atoms with van der Waals surface area (Å²) >= 11 is 0. The summed E-state index contributed by atoms with van der Waals surface area (Å²) in [6.07, 6.45) is 2.38. The van der Waals surface area contributed by atoms with Gasteiger partial charge in [-0.25, -0.2) is 0 Å². The molecule has 0 bridgehead atoms. The molecule has 0 aliphatic heterocycles. The van der Waals surface area contributed by atoms with Crippen LogP contribution in [0.4, 0.5) is 0 Å². The van der Waals surface area contributed by atoms with E-state index in [1.807, 2.05) is 6.07 Å². The Balaban J connectivity index is 1.90. The molecule has 1 aliphatic carbocycles. The number of fused-ring (bicyclic) bond motifs is 1. The molecule has 2 aromatic rings. The maximum Gasteiger partial charge on any atom is 0.134 e. The maximum absolute atomic E-state index is 6.07. The first-order valence-electron chi connectivity index (χ1n) is 7.41. The van der Waals surface area contributed by atoms with Crippen LogP contribution in [0, 0.1) is 5.41 Å². The van der Waals surface area contributed by atoms with Crippen LogP contribution in [0.3, 0.4) is 0 Å². The smallest absolute Gasteiger partial charge is 0.134 e. The van der Waals surface area contributed by atoms with Crippen LogP contribution in [0.25, 0.3) is 11.0 Å². The molecule has 0 amide bonds. The van der Waals surface area contributed by atoms with E-state index in [9.17, 15) is 0 Å². The fourth-order valence-electron chi connectivity index (χ4n) is 3.53. The van der Waals surface area contributed by atoms with Crippen LogP contribution in [0.1, 0.15) is 45.3 Å². The number of rotatable bonds is 4. The third kappa shape index (κ3) is 1.90. The van der Waals surface area contributed by atoms with Gasteiger partial charge in [-0.1, -0.05) is 39.0 Å². The molecule has 102 valence electrons. The average Bonchev–Trinajstić information content (AvgIpc) is 2.84. The van der Waals surface area contributed by atoms with Crippen LogP contribution in [0.15, 0.2) is 34.7 Å². The molecule has 0 saturated heterocycles. The van der Waals surface area contributed by atoms with Crippen molar-refractivity contribution in [2.75, 3.05) is 6.54 Å². The van der Waals surface area contributed by atoms with Gasteiger partial charge in [0.05, 0.1) is 0 Å². The Morgan fingerprint density at radius 3 is 2.79 bits per heavy atom. The van der Waals surface area contributed by atoms with Crippen LogP contribution in [-0.2, 0) is 0 Å². The van der Waals surface area contributed by atoms with Gasteiger partial charge in [-0.15, -0.1) is 0 Å². The lowest BCUT2D eigenvalue weighted by molar-refractivity contribution is 0.0341. The average molecular weight is 257 g/mol. The van der Waals surface area contributed by atoms with Crippen LogP contribution >= 0.6 is 0 Å². The fraction of sp³-hybridized carbons (Fsp3) is 0.529. The van der Waals surface area contributed by atoms with Gasteiger partial charge in [-0.05, 0) is 36.9 Å². The summed E-state index contributed by atoms with van der Waals surface area (Å²) in [4.78, 5) is 0. The van der Waals surface area contributed by atoms with E-state index in [0.29, 0.717) is 17.4 Å². The van der Waals surface area contributed by atoms with Crippen LogP contribution in [-0.4, -0.2) is 12.6 Å². The van der Waals surface area contributed by atoms with E-state index in [1.165, 1.54) is 24.0 Å². The Morgan fingerprint density at radius 1 is 1.32 bits per heavy atom. The Labute approximate surface area is 115 Å². The van der Waals surface area contributed by atoms with Gasteiger partial charge in [0, 0.05) is 17.3 Å². The Hall–Kier alpha value is -1.28. The molecule has 0 radical (unpaired) electrons. The number of para-hydroxylation sites is 1. The number of nitrogens with one attached hydrogen (secondary N) is 1. The molecule has 1 fully saturated rings. The highest BCUT2D eigenvalue weighted by Gasteiger charge is 2.51. The lowest BCUT2D eigenvalue weighted by atomic mass is 9.55. The molecule has 1 heterocycles. The summed E-state index contributed by atoms with van der Waals surface area (Å²) in [5, 5.41) is 4.84. The molecule has 3 rings (SSSR count). The minimum Gasteiger partial charge on any atom is -0.461 e. The molecule has 3 unspecified atom stereocenters. The van der Waals surface area contributed by atoms with Crippen molar-refractivity contribution in [2.45, 2.75) is 45.6 Å². The van der Waals surface area contributed by atoms with Crippen molar-refractivity contribution < 1.29 is 4.42 Å². The van der Waals surface area contributed by atoms with Gasteiger partial charge in [0.15, 0.2) is 0 Å². The zero-order valence-corrected chi connectivity index (χ0v) is 12.1. The first-order valence-corrected chi connectivity index (χ1v) is 7.41. The molecule has 3 atom stereocenters. The van der Waals surface area contributed by atoms with Crippen LogP contribution in [0.2, 0.25) is 0 Å². The standard InChI is InChI=1S/C17H23NO/c1-4-17(3)13(11-16(17)18-5-2)15-10-12-8-6-7-9-14(12)19-15/h6-10,13,16,18H,4-5,11H2,1-3H3. The molecule has 1 aromatic heterocycles. The zero-order valence-electron chi connectivity index (χ0n) is 12.1. The number of benzene rings is 1. The zero-order chi connectivity index (χ0) is 13.5. The van der Waals surface area contributed by atoms with E-state index < -0.39 is 0 Å². The van der Waals surface area contributed by atoms with Gasteiger partial charge in [-0.3, -0.25) is 0 Å². The van der Waals surface area contributed by atoms with Crippen molar-refractivity contribution in [2.24, 2.45) is 5.41 Å². The number of hydrogen-bond acceptors (Lipinski definition) is 2. The topological polar surface area (TPSA) is 25.2 Å². The van der Waals surface area contributed by atoms with Crippen molar-refractivity contribution in [1.29, 1.82) is 0 Å². The third-order valence-corrected chi connectivity index (χ3v) is 5.06. The van der Waals surface area contributed by atoms with Crippen molar-refractivity contribution in [3.8, 4) is 0 Å².